The molecule has 0 aliphatic carbocycles. The van der Waals surface area contributed by atoms with Gasteiger partial charge in [0.05, 0.1) is 31.4 Å². The van der Waals surface area contributed by atoms with E-state index in [0.29, 0.717) is 31.0 Å². The summed E-state index contributed by atoms with van der Waals surface area (Å²) >= 11 is 0. The van der Waals surface area contributed by atoms with Gasteiger partial charge in [0.1, 0.15) is 0 Å². The molecule has 3 aliphatic rings. The summed E-state index contributed by atoms with van der Waals surface area (Å²) in [4.78, 5) is 27.6. The van der Waals surface area contributed by atoms with E-state index in [0.717, 1.165) is 37.9 Å². The van der Waals surface area contributed by atoms with Gasteiger partial charge < -0.3 is 24.8 Å². The van der Waals surface area contributed by atoms with Crippen LogP contribution in [-0.2, 0) is 25.4 Å². The summed E-state index contributed by atoms with van der Waals surface area (Å²) in [6, 6.07) is 7.11. The summed E-state index contributed by atoms with van der Waals surface area (Å²) in [7, 11) is 0. The maximum absolute atomic E-state index is 12.9. The number of piperidine rings is 1. The average Bonchev–Trinajstić information content (AvgIpc) is 3.23. The minimum atomic E-state index is -0.550. The van der Waals surface area contributed by atoms with Crippen molar-refractivity contribution in [3.8, 4) is 0 Å². The van der Waals surface area contributed by atoms with Crippen LogP contribution in [-0.4, -0.2) is 62.1 Å². The summed E-state index contributed by atoms with van der Waals surface area (Å²) in [5, 5.41) is 5.76. The molecule has 0 unspecified atom stereocenters. The fourth-order valence-corrected chi connectivity index (χ4v) is 4.45. The number of nitrogens with zero attached hydrogens (tertiary/aromatic N) is 1. The fraction of sp³-hybridized carbons (Fsp3) is 0.565. The summed E-state index contributed by atoms with van der Waals surface area (Å²) < 4.78 is 17.0. The van der Waals surface area contributed by atoms with Crippen LogP contribution >= 0.6 is 0 Å². The van der Waals surface area contributed by atoms with E-state index >= 15 is 0 Å². The zero-order chi connectivity index (χ0) is 21.8. The van der Waals surface area contributed by atoms with Gasteiger partial charge in [0.2, 0.25) is 0 Å². The lowest BCUT2D eigenvalue weighted by atomic mass is 9.93. The molecule has 0 aromatic heterocycles. The van der Waals surface area contributed by atoms with Crippen molar-refractivity contribution in [1.29, 1.82) is 0 Å². The summed E-state index contributed by atoms with van der Waals surface area (Å²) in [5.74, 6) is -0.874. The maximum Gasteiger partial charge on any atom is 0.338 e. The molecule has 8 nitrogen and oxygen atoms in total. The van der Waals surface area contributed by atoms with E-state index in [1.54, 1.807) is 6.92 Å². The highest BCUT2D eigenvalue weighted by molar-refractivity contribution is 5.95. The lowest BCUT2D eigenvalue weighted by Crippen LogP contribution is -2.51. The second-order valence-electron chi connectivity index (χ2n) is 8.12. The first-order valence-corrected chi connectivity index (χ1v) is 11.1. The molecule has 2 amide bonds. The Morgan fingerprint density at radius 3 is 2.45 bits per heavy atom. The first-order chi connectivity index (χ1) is 15.0. The van der Waals surface area contributed by atoms with Gasteiger partial charge in [0.25, 0.3) is 0 Å². The van der Waals surface area contributed by atoms with Crippen LogP contribution in [0.5, 0.6) is 0 Å². The SMILES string of the molecule is CCOC(=O)C1=C(CN2CCC3(CC2)OCCO3)NC(=O)N[C@@H]1c1ccc(CC)cc1. The normalized spacial score (nSPS) is 23.5. The van der Waals surface area contributed by atoms with E-state index in [-0.39, 0.29) is 12.6 Å². The molecule has 0 radical (unpaired) electrons. The largest absolute Gasteiger partial charge is 0.463 e. The molecule has 2 saturated heterocycles. The Balaban J connectivity index is 1.59. The number of aryl methyl sites for hydroxylation is 1. The Morgan fingerprint density at radius 2 is 1.84 bits per heavy atom. The number of esters is 1. The summed E-state index contributed by atoms with van der Waals surface area (Å²) in [6.45, 7) is 7.40. The summed E-state index contributed by atoms with van der Waals surface area (Å²) in [5.41, 5.74) is 3.11. The monoisotopic (exact) mass is 429 g/mol. The van der Waals surface area contributed by atoms with E-state index in [9.17, 15) is 9.59 Å². The minimum Gasteiger partial charge on any atom is -0.463 e. The van der Waals surface area contributed by atoms with Crippen LogP contribution in [0.2, 0.25) is 0 Å². The molecule has 31 heavy (non-hydrogen) atoms. The predicted octanol–water partition coefficient (Wildman–Crippen LogP) is 2.26. The van der Waals surface area contributed by atoms with Crippen LogP contribution < -0.4 is 10.6 Å². The molecule has 1 aromatic carbocycles. The van der Waals surface area contributed by atoms with Crippen LogP contribution in [0.1, 0.15) is 43.9 Å². The minimum absolute atomic E-state index is 0.270. The smallest absolute Gasteiger partial charge is 0.338 e. The number of rotatable bonds is 6. The zero-order valence-corrected chi connectivity index (χ0v) is 18.2. The Bertz CT molecular complexity index is 835. The van der Waals surface area contributed by atoms with Gasteiger partial charge in [-0.3, -0.25) is 4.90 Å². The number of amides is 2. The molecule has 8 heteroatoms. The van der Waals surface area contributed by atoms with Crippen LogP contribution in [0.15, 0.2) is 35.5 Å². The highest BCUT2D eigenvalue weighted by Crippen LogP contribution is 2.33. The number of nitrogens with one attached hydrogen (secondary N) is 2. The number of hydrogen-bond acceptors (Lipinski definition) is 6. The van der Waals surface area contributed by atoms with Crippen molar-refractivity contribution in [2.45, 2.75) is 44.9 Å². The Morgan fingerprint density at radius 1 is 1.16 bits per heavy atom. The second-order valence-corrected chi connectivity index (χ2v) is 8.12. The number of hydrogen-bond donors (Lipinski definition) is 2. The number of benzene rings is 1. The van der Waals surface area contributed by atoms with Gasteiger partial charge in [-0.25, -0.2) is 9.59 Å². The third-order valence-electron chi connectivity index (χ3n) is 6.18. The number of ether oxygens (including phenoxy) is 3. The number of carbonyl (C=O) groups excluding carboxylic acids is 2. The van der Waals surface area contributed by atoms with Gasteiger partial charge in [-0.05, 0) is 24.5 Å². The molecule has 3 aliphatic heterocycles. The van der Waals surface area contributed by atoms with Gasteiger partial charge in [-0.15, -0.1) is 0 Å². The van der Waals surface area contributed by atoms with Crippen molar-refractivity contribution in [2.75, 3.05) is 39.5 Å². The van der Waals surface area contributed by atoms with E-state index in [2.05, 4.69) is 22.5 Å². The predicted molar refractivity (Wildman–Crippen MR) is 114 cm³/mol. The lowest BCUT2D eigenvalue weighted by Gasteiger charge is -2.39. The fourth-order valence-electron chi connectivity index (χ4n) is 4.45. The van der Waals surface area contributed by atoms with Crippen LogP contribution in [0.25, 0.3) is 0 Å². The number of likely N-dealkylation sites (tertiary alicyclic amines) is 1. The molecule has 4 rings (SSSR count). The molecular formula is C23H31N3O5. The van der Waals surface area contributed by atoms with Crippen molar-refractivity contribution in [2.24, 2.45) is 0 Å². The number of carbonyl (C=O) groups is 2. The molecule has 0 bridgehead atoms. The quantitative estimate of drug-likeness (QED) is 0.675. The third-order valence-corrected chi connectivity index (χ3v) is 6.18. The Kier molecular flexibility index (Phi) is 6.60. The molecule has 1 spiro atoms. The van der Waals surface area contributed by atoms with Crippen LogP contribution in [0.3, 0.4) is 0 Å². The van der Waals surface area contributed by atoms with Gasteiger partial charge in [0.15, 0.2) is 5.79 Å². The molecule has 2 fully saturated rings. The van der Waals surface area contributed by atoms with E-state index in [4.69, 9.17) is 14.2 Å². The van der Waals surface area contributed by atoms with Gasteiger partial charge in [-0.2, -0.15) is 0 Å². The molecule has 2 N–H and O–H groups in total. The highest BCUT2D eigenvalue weighted by Gasteiger charge is 2.41. The first-order valence-electron chi connectivity index (χ1n) is 11.1. The highest BCUT2D eigenvalue weighted by atomic mass is 16.7. The molecule has 3 heterocycles. The van der Waals surface area contributed by atoms with Crippen molar-refractivity contribution in [1.82, 2.24) is 15.5 Å². The lowest BCUT2D eigenvalue weighted by molar-refractivity contribution is -0.184. The zero-order valence-electron chi connectivity index (χ0n) is 18.2. The molecule has 168 valence electrons. The molecule has 1 aromatic rings. The molecular weight excluding hydrogens is 398 g/mol. The topological polar surface area (TPSA) is 89.1 Å². The van der Waals surface area contributed by atoms with Crippen molar-refractivity contribution in [3.63, 3.8) is 0 Å². The average molecular weight is 430 g/mol. The standard InChI is InChI=1S/C23H31N3O5/c1-3-16-5-7-17(8-6-16)20-19(21(27)29-4-2)18(24-22(28)25-20)15-26-11-9-23(10-12-26)30-13-14-31-23/h5-8,20H,3-4,9-15H2,1-2H3,(H2,24,25,28)/t20-/m1/s1. The van der Waals surface area contributed by atoms with Crippen molar-refractivity contribution >= 4 is 12.0 Å². The van der Waals surface area contributed by atoms with Crippen molar-refractivity contribution in [3.05, 3.63) is 46.7 Å². The maximum atomic E-state index is 12.9. The van der Waals surface area contributed by atoms with E-state index < -0.39 is 17.8 Å². The van der Waals surface area contributed by atoms with Crippen LogP contribution in [0, 0.1) is 0 Å². The second kappa shape index (κ2) is 9.38. The van der Waals surface area contributed by atoms with E-state index in [1.165, 1.54) is 5.56 Å². The molecule has 1 atom stereocenters. The summed E-state index contributed by atoms with van der Waals surface area (Å²) in [6.07, 6.45) is 2.46. The van der Waals surface area contributed by atoms with Gasteiger partial charge in [-0.1, -0.05) is 31.2 Å². The Hall–Kier alpha value is -2.42. The van der Waals surface area contributed by atoms with Crippen molar-refractivity contribution < 1.29 is 23.8 Å². The third kappa shape index (κ3) is 4.76. The van der Waals surface area contributed by atoms with Gasteiger partial charge in [0, 0.05) is 38.2 Å². The van der Waals surface area contributed by atoms with E-state index in [1.807, 2.05) is 24.3 Å². The number of urea groups is 1. The van der Waals surface area contributed by atoms with Crippen LogP contribution in [0.4, 0.5) is 4.79 Å². The van der Waals surface area contributed by atoms with Gasteiger partial charge >= 0.3 is 12.0 Å². The Labute approximate surface area is 182 Å². The molecule has 0 saturated carbocycles. The first kappa shape index (κ1) is 21.8.